The SMILES string of the molecule is COc1cn(C)nc1C(C)NS(=O)(=O)CCc1noc2ccccc12. The summed E-state index contributed by atoms with van der Waals surface area (Å²) < 4.78 is 39.5. The molecule has 3 rings (SSSR count). The molecule has 2 heterocycles. The quantitative estimate of drug-likeness (QED) is 0.686. The van der Waals surface area contributed by atoms with Crippen molar-refractivity contribution in [1.82, 2.24) is 19.7 Å². The normalized spacial score (nSPS) is 13.2. The lowest BCUT2D eigenvalue weighted by molar-refractivity contribution is 0.405. The Bertz CT molecular complexity index is 977. The Morgan fingerprint density at radius 1 is 1.36 bits per heavy atom. The highest BCUT2D eigenvalue weighted by Gasteiger charge is 2.22. The van der Waals surface area contributed by atoms with E-state index in [4.69, 9.17) is 9.26 Å². The summed E-state index contributed by atoms with van der Waals surface area (Å²) in [6, 6.07) is 6.87. The van der Waals surface area contributed by atoms with Gasteiger partial charge < -0.3 is 9.26 Å². The van der Waals surface area contributed by atoms with Gasteiger partial charge in [0.1, 0.15) is 5.69 Å². The molecule has 0 fully saturated rings. The Hall–Kier alpha value is -2.39. The van der Waals surface area contributed by atoms with Crippen molar-refractivity contribution >= 4 is 21.0 Å². The number of fused-ring (bicyclic) bond motifs is 1. The first-order valence-corrected chi connectivity index (χ1v) is 9.45. The summed E-state index contributed by atoms with van der Waals surface area (Å²) in [5.41, 5.74) is 1.82. The number of methoxy groups -OCH3 is 1. The second kappa shape index (κ2) is 6.85. The van der Waals surface area contributed by atoms with Crippen molar-refractivity contribution in [3.8, 4) is 5.75 Å². The van der Waals surface area contributed by atoms with Crippen LogP contribution in [0.1, 0.15) is 24.4 Å². The highest BCUT2D eigenvalue weighted by Crippen LogP contribution is 2.24. The van der Waals surface area contributed by atoms with Gasteiger partial charge in [-0.2, -0.15) is 5.10 Å². The van der Waals surface area contributed by atoms with Crippen LogP contribution in [-0.4, -0.2) is 36.2 Å². The maximum Gasteiger partial charge on any atom is 0.212 e. The monoisotopic (exact) mass is 364 g/mol. The number of nitrogens with one attached hydrogen (secondary N) is 1. The van der Waals surface area contributed by atoms with Crippen LogP contribution in [0.25, 0.3) is 11.0 Å². The van der Waals surface area contributed by atoms with E-state index in [0.717, 1.165) is 5.39 Å². The lowest BCUT2D eigenvalue weighted by atomic mass is 10.2. The van der Waals surface area contributed by atoms with Crippen LogP contribution in [0.3, 0.4) is 0 Å². The molecule has 134 valence electrons. The van der Waals surface area contributed by atoms with Crippen LogP contribution in [0.4, 0.5) is 0 Å². The minimum absolute atomic E-state index is 0.0942. The zero-order chi connectivity index (χ0) is 18.0. The van der Waals surface area contributed by atoms with E-state index in [2.05, 4.69) is 15.0 Å². The summed E-state index contributed by atoms with van der Waals surface area (Å²) in [6.45, 7) is 1.73. The highest BCUT2D eigenvalue weighted by molar-refractivity contribution is 7.89. The van der Waals surface area contributed by atoms with Gasteiger partial charge in [-0.05, 0) is 19.1 Å². The molecule has 9 heteroatoms. The van der Waals surface area contributed by atoms with Gasteiger partial charge in [-0.1, -0.05) is 17.3 Å². The largest absolute Gasteiger partial charge is 0.493 e. The van der Waals surface area contributed by atoms with Crippen LogP contribution in [0.15, 0.2) is 35.0 Å². The summed E-state index contributed by atoms with van der Waals surface area (Å²) in [5.74, 6) is 0.448. The van der Waals surface area contributed by atoms with Crippen LogP contribution >= 0.6 is 0 Å². The van der Waals surface area contributed by atoms with Crippen molar-refractivity contribution in [3.63, 3.8) is 0 Å². The number of hydrogen-bond donors (Lipinski definition) is 1. The Morgan fingerprint density at radius 3 is 2.88 bits per heavy atom. The average Bonchev–Trinajstić information content (AvgIpc) is 3.16. The lowest BCUT2D eigenvalue weighted by Gasteiger charge is -2.13. The maximum atomic E-state index is 12.4. The van der Waals surface area contributed by atoms with Crippen LogP contribution in [0, 0.1) is 0 Å². The number of sulfonamides is 1. The van der Waals surface area contributed by atoms with Crippen molar-refractivity contribution in [2.75, 3.05) is 12.9 Å². The molecule has 8 nitrogen and oxygen atoms in total. The highest BCUT2D eigenvalue weighted by atomic mass is 32.2. The van der Waals surface area contributed by atoms with Crippen LogP contribution in [0.5, 0.6) is 5.75 Å². The standard InChI is InChI=1S/C16H20N4O4S/c1-11(16-15(23-3)10-20(2)17-16)19-25(21,22)9-8-13-12-6-4-5-7-14(12)24-18-13/h4-7,10-11,19H,8-9H2,1-3H3. The van der Waals surface area contributed by atoms with Crippen molar-refractivity contribution < 1.29 is 17.7 Å². The van der Waals surface area contributed by atoms with Crippen LogP contribution in [-0.2, 0) is 23.5 Å². The molecule has 0 aliphatic carbocycles. The minimum atomic E-state index is -3.53. The lowest BCUT2D eigenvalue weighted by Crippen LogP contribution is -2.30. The van der Waals surface area contributed by atoms with Gasteiger partial charge in [0.25, 0.3) is 0 Å². The smallest absolute Gasteiger partial charge is 0.212 e. The summed E-state index contributed by atoms with van der Waals surface area (Å²) in [4.78, 5) is 0. The first-order valence-electron chi connectivity index (χ1n) is 7.80. The molecule has 1 aromatic carbocycles. The molecule has 3 aromatic rings. The molecule has 25 heavy (non-hydrogen) atoms. The van der Waals surface area contributed by atoms with Gasteiger partial charge in [-0.25, -0.2) is 13.1 Å². The molecule has 1 atom stereocenters. The predicted molar refractivity (Wildman–Crippen MR) is 92.8 cm³/mol. The zero-order valence-electron chi connectivity index (χ0n) is 14.3. The molecule has 2 aromatic heterocycles. The van der Waals surface area contributed by atoms with Gasteiger partial charge in [-0.3, -0.25) is 4.68 Å². The van der Waals surface area contributed by atoms with Gasteiger partial charge in [-0.15, -0.1) is 0 Å². The van der Waals surface area contributed by atoms with E-state index in [9.17, 15) is 8.42 Å². The molecule has 1 N–H and O–H groups in total. The van der Waals surface area contributed by atoms with Crippen molar-refractivity contribution in [3.05, 3.63) is 41.9 Å². The van der Waals surface area contributed by atoms with Crippen molar-refractivity contribution in [1.29, 1.82) is 0 Å². The first kappa shape index (κ1) is 17.4. The predicted octanol–water partition coefficient (Wildman–Crippen LogP) is 1.79. The van der Waals surface area contributed by atoms with Gasteiger partial charge in [0.2, 0.25) is 10.0 Å². The van der Waals surface area contributed by atoms with E-state index in [-0.39, 0.29) is 12.2 Å². The third-order valence-electron chi connectivity index (χ3n) is 3.87. The number of hydrogen-bond acceptors (Lipinski definition) is 6. The third kappa shape index (κ3) is 3.83. The summed E-state index contributed by atoms with van der Waals surface area (Å²) >= 11 is 0. The fourth-order valence-electron chi connectivity index (χ4n) is 2.67. The van der Waals surface area contributed by atoms with E-state index >= 15 is 0 Å². The van der Waals surface area contributed by atoms with E-state index in [1.54, 1.807) is 30.9 Å². The van der Waals surface area contributed by atoms with E-state index in [0.29, 0.717) is 22.7 Å². The third-order valence-corrected chi connectivity index (χ3v) is 5.32. The summed E-state index contributed by atoms with van der Waals surface area (Å²) in [7, 11) is -0.248. The van der Waals surface area contributed by atoms with E-state index in [1.807, 2.05) is 18.2 Å². The minimum Gasteiger partial charge on any atom is -0.493 e. The molecule has 0 aliphatic rings. The topological polar surface area (TPSA) is 99.2 Å². The average molecular weight is 364 g/mol. The molecule has 0 amide bonds. The molecule has 0 aliphatic heterocycles. The van der Waals surface area contributed by atoms with Crippen LogP contribution in [0.2, 0.25) is 0 Å². The second-order valence-electron chi connectivity index (χ2n) is 5.79. The van der Waals surface area contributed by atoms with Crippen LogP contribution < -0.4 is 9.46 Å². The Labute approximate surface area is 145 Å². The van der Waals surface area contributed by atoms with Gasteiger partial charge in [0, 0.05) is 18.9 Å². The number of para-hydroxylation sites is 1. The number of aromatic nitrogens is 3. The van der Waals surface area contributed by atoms with Gasteiger partial charge in [0.15, 0.2) is 11.3 Å². The number of aryl methyl sites for hydroxylation is 2. The fourth-order valence-corrected chi connectivity index (χ4v) is 3.90. The second-order valence-corrected chi connectivity index (χ2v) is 7.66. The number of ether oxygens (including phenoxy) is 1. The Kier molecular flexibility index (Phi) is 4.78. The van der Waals surface area contributed by atoms with Crippen molar-refractivity contribution in [2.45, 2.75) is 19.4 Å². The maximum absolute atomic E-state index is 12.4. The molecule has 0 saturated carbocycles. The number of nitrogens with zero attached hydrogens (tertiary/aromatic N) is 3. The zero-order valence-corrected chi connectivity index (χ0v) is 15.1. The molecule has 1 unspecified atom stereocenters. The molecular weight excluding hydrogens is 344 g/mol. The molecule has 0 saturated heterocycles. The van der Waals surface area contributed by atoms with Gasteiger partial charge >= 0.3 is 0 Å². The molecular formula is C16H20N4O4S. The summed E-state index contributed by atoms with van der Waals surface area (Å²) in [5, 5.41) is 9.05. The number of rotatable bonds is 7. The molecule has 0 spiro atoms. The Morgan fingerprint density at radius 2 is 2.12 bits per heavy atom. The van der Waals surface area contributed by atoms with E-state index in [1.165, 1.54) is 7.11 Å². The number of benzene rings is 1. The summed E-state index contributed by atoms with van der Waals surface area (Å²) in [6.07, 6.45) is 1.96. The van der Waals surface area contributed by atoms with Crippen molar-refractivity contribution in [2.24, 2.45) is 7.05 Å². The van der Waals surface area contributed by atoms with E-state index < -0.39 is 16.1 Å². The van der Waals surface area contributed by atoms with Gasteiger partial charge in [0.05, 0.1) is 30.8 Å². The Balaban J connectivity index is 1.69. The molecule has 0 bridgehead atoms. The molecule has 0 radical (unpaired) electrons. The fraction of sp³-hybridized carbons (Fsp3) is 0.375. The first-order chi connectivity index (χ1) is 11.9.